The lowest BCUT2D eigenvalue weighted by Crippen LogP contribution is -2.32. The monoisotopic (exact) mass is 716 g/mol. The van der Waals surface area contributed by atoms with Crippen LogP contribution < -0.4 is 15.0 Å². The van der Waals surface area contributed by atoms with Gasteiger partial charge in [0.05, 0.1) is 31.5 Å². The Labute approximate surface area is 293 Å². The molecule has 6 rings (SSSR count). The summed E-state index contributed by atoms with van der Waals surface area (Å²) in [6.07, 6.45) is 1.50. The van der Waals surface area contributed by atoms with E-state index in [0.717, 1.165) is 21.6 Å². The predicted molar refractivity (Wildman–Crippen MR) is 193 cm³/mol. The van der Waals surface area contributed by atoms with Crippen molar-refractivity contribution in [2.45, 2.75) is 32.7 Å². The van der Waals surface area contributed by atoms with Crippen LogP contribution in [0.15, 0.2) is 120 Å². The number of thiophene rings is 1. The highest BCUT2D eigenvalue weighted by Crippen LogP contribution is 2.54. The summed E-state index contributed by atoms with van der Waals surface area (Å²) >= 11 is 7.42. The summed E-state index contributed by atoms with van der Waals surface area (Å²) < 4.78 is 45.3. The van der Waals surface area contributed by atoms with Crippen molar-refractivity contribution in [2.24, 2.45) is 0 Å². The normalized spacial score (nSPS) is 11.9. The van der Waals surface area contributed by atoms with Gasteiger partial charge < -0.3 is 9.47 Å². The van der Waals surface area contributed by atoms with E-state index in [9.17, 15) is 9.36 Å². The van der Waals surface area contributed by atoms with Gasteiger partial charge in [0.2, 0.25) is 0 Å². The summed E-state index contributed by atoms with van der Waals surface area (Å²) in [6.45, 7) is 3.52. The fraction of sp³-hybridized carbons (Fsp3) is 0.189. The third-order valence-electron chi connectivity index (χ3n) is 7.39. The fourth-order valence-electron chi connectivity index (χ4n) is 4.90. The Morgan fingerprint density at radius 3 is 2.08 bits per heavy atom. The van der Waals surface area contributed by atoms with Crippen LogP contribution >= 0.6 is 30.8 Å². The minimum absolute atomic E-state index is 0.0216. The van der Waals surface area contributed by atoms with Crippen LogP contribution in [-0.2, 0) is 31.4 Å². The van der Waals surface area contributed by atoms with Gasteiger partial charge >= 0.3 is 7.82 Å². The molecule has 2 heterocycles. The van der Waals surface area contributed by atoms with Gasteiger partial charge in [-0.05, 0) is 60.9 Å². The molecule has 0 bridgehead atoms. The first-order valence-corrected chi connectivity index (χ1v) is 18.0. The maximum Gasteiger partial charge on any atom is 0.476 e. The average molecular weight is 717 g/mol. The number of phosphoric ester groups is 1. The molecule has 0 amide bonds. The highest BCUT2D eigenvalue weighted by atomic mass is 35.5. The van der Waals surface area contributed by atoms with Gasteiger partial charge in [-0.15, -0.1) is 11.3 Å². The second kappa shape index (κ2) is 15.1. The van der Waals surface area contributed by atoms with Gasteiger partial charge in [-0.3, -0.25) is 22.9 Å². The van der Waals surface area contributed by atoms with Crippen molar-refractivity contribution < 1.29 is 27.6 Å². The number of halogens is 1. The molecule has 0 N–H and O–H groups in total. The number of aromatic nitrogens is 2. The van der Waals surface area contributed by atoms with Crippen LogP contribution in [0.25, 0.3) is 26.3 Å². The Kier molecular flexibility index (Phi) is 10.6. The number of benzene rings is 4. The number of hydrogen-bond donors (Lipinski definition) is 0. The van der Waals surface area contributed by atoms with E-state index in [1.54, 1.807) is 32.0 Å². The molecule has 12 heteroatoms. The molecule has 0 aliphatic carbocycles. The van der Waals surface area contributed by atoms with Crippen molar-refractivity contribution in [3.05, 3.63) is 142 Å². The van der Waals surface area contributed by atoms with Gasteiger partial charge in [0.15, 0.2) is 11.5 Å². The molecule has 2 aromatic heterocycles. The number of fused-ring (bicyclic) bond motifs is 1. The largest absolute Gasteiger partial charge is 0.493 e. The molecule has 0 aliphatic rings. The SMILES string of the molecule is COc1cc(-n2cnc3cc(-c4ccc(Cl)cc4)sc3c2=O)ccc1OCC(C)(C)OP(=O)(OCc1ccccc1)OCc1ccccc1. The molecule has 0 saturated carbocycles. The van der Waals surface area contributed by atoms with Crippen LogP contribution in [0.2, 0.25) is 5.02 Å². The van der Waals surface area contributed by atoms with E-state index in [0.29, 0.717) is 32.4 Å². The van der Waals surface area contributed by atoms with E-state index >= 15 is 0 Å². The first kappa shape index (κ1) is 34.6. The lowest BCUT2D eigenvalue weighted by molar-refractivity contribution is -0.00163. The number of nitrogens with zero attached hydrogens (tertiary/aromatic N) is 2. The van der Waals surface area contributed by atoms with Gasteiger partial charge in [0, 0.05) is 16.0 Å². The Morgan fingerprint density at radius 2 is 1.47 bits per heavy atom. The molecule has 0 unspecified atom stereocenters. The van der Waals surface area contributed by atoms with Crippen LogP contribution in [-0.4, -0.2) is 28.9 Å². The fourth-order valence-corrected chi connectivity index (χ4v) is 7.53. The van der Waals surface area contributed by atoms with Gasteiger partial charge in [-0.2, -0.15) is 0 Å². The first-order valence-electron chi connectivity index (χ1n) is 15.4. The van der Waals surface area contributed by atoms with Crippen LogP contribution in [0.4, 0.5) is 0 Å². The van der Waals surface area contributed by atoms with E-state index in [4.69, 9.17) is 34.6 Å². The van der Waals surface area contributed by atoms with Gasteiger partial charge in [0.25, 0.3) is 5.56 Å². The molecule has 9 nitrogen and oxygen atoms in total. The zero-order chi connectivity index (χ0) is 34.4. The summed E-state index contributed by atoms with van der Waals surface area (Å²) in [6, 6.07) is 33.2. The van der Waals surface area contributed by atoms with Gasteiger partial charge in [-0.1, -0.05) is 84.4 Å². The Bertz CT molecular complexity index is 2090. The summed E-state index contributed by atoms with van der Waals surface area (Å²) in [5.41, 5.74) is 2.44. The van der Waals surface area contributed by atoms with Crippen LogP contribution in [0.1, 0.15) is 25.0 Å². The first-order chi connectivity index (χ1) is 23.6. The van der Waals surface area contributed by atoms with E-state index in [1.165, 1.54) is 29.3 Å². The number of methoxy groups -OCH3 is 1. The van der Waals surface area contributed by atoms with Crippen molar-refractivity contribution in [2.75, 3.05) is 13.7 Å². The van der Waals surface area contributed by atoms with Gasteiger partial charge in [-0.25, -0.2) is 9.55 Å². The molecule has 0 saturated heterocycles. The van der Waals surface area contributed by atoms with E-state index in [2.05, 4.69) is 4.98 Å². The summed E-state index contributed by atoms with van der Waals surface area (Å²) in [4.78, 5) is 19.0. The van der Waals surface area contributed by atoms with Crippen molar-refractivity contribution in [3.63, 3.8) is 0 Å². The molecular weight excluding hydrogens is 683 g/mol. The van der Waals surface area contributed by atoms with Crippen LogP contribution in [0, 0.1) is 0 Å². The highest BCUT2D eigenvalue weighted by molar-refractivity contribution is 7.48. The molecule has 0 spiro atoms. The van der Waals surface area contributed by atoms with Crippen molar-refractivity contribution in [3.8, 4) is 27.6 Å². The van der Waals surface area contributed by atoms with E-state index in [-0.39, 0.29) is 25.4 Å². The minimum Gasteiger partial charge on any atom is -0.493 e. The molecule has 6 aromatic rings. The summed E-state index contributed by atoms with van der Waals surface area (Å²) in [5.74, 6) is 0.786. The number of ether oxygens (including phenoxy) is 2. The molecule has 0 fully saturated rings. The van der Waals surface area contributed by atoms with Crippen LogP contribution in [0.3, 0.4) is 0 Å². The summed E-state index contributed by atoms with van der Waals surface area (Å²) in [5, 5.41) is 0.642. The second-order valence-corrected chi connectivity index (χ2v) is 14.8. The maximum absolute atomic E-state index is 13.9. The maximum atomic E-state index is 13.9. The molecule has 0 aliphatic heterocycles. The average Bonchev–Trinajstić information content (AvgIpc) is 3.56. The minimum atomic E-state index is -4.07. The molecule has 252 valence electrons. The molecular formula is C37H34ClN2O7PS. The lowest BCUT2D eigenvalue weighted by atomic mass is 10.2. The van der Waals surface area contributed by atoms with Crippen molar-refractivity contribution in [1.29, 1.82) is 0 Å². The third-order valence-corrected chi connectivity index (χ3v) is 10.4. The zero-order valence-corrected chi connectivity index (χ0v) is 29.5. The standard InChI is InChI=1S/C37H34ClN2O7PS/c1-37(2,47-48(42,45-22-26-10-6-4-7-11-26)46-23-27-12-8-5-9-13-27)24-44-32-19-18-30(20-33(32)43-3)40-25-39-31-21-34(49-35(31)36(40)41)28-14-16-29(38)17-15-28/h4-21,25H,22-24H2,1-3H3. The Hall–Kier alpha value is -4.28. The molecule has 0 atom stereocenters. The van der Waals surface area contributed by atoms with Gasteiger partial charge in [0.1, 0.15) is 23.2 Å². The van der Waals surface area contributed by atoms with E-state index < -0.39 is 13.4 Å². The number of hydrogen-bond acceptors (Lipinski definition) is 9. The number of phosphoric acid groups is 1. The second-order valence-electron chi connectivity index (χ2n) is 11.7. The van der Waals surface area contributed by atoms with Crippen molar-refractivity contribution >= 4 is 41.0 Å². The molecule has 4 aromatic carbocycles. The Balaban J connectivity index is 1.17. The third kappa shape index (κ3) is 8.66. The zero-order valence-electron chi connectivity index (χ0n) is 27.1. The smallest absolute Gasteiger partial charge is 0.476 e. The summed E-state index contributed by atoms with van der Waals surface area (Å²) in [7, 11) is -2.55. The lowest BCUT2D eigenvalue weighted by Gasteiger charge is -2.29. The van der Waals surface area contributed by atoms with Crippen LogP contribution in [0.5, 0.6) is 11.5 Å². The molecule has 0 radical (unpaired) electrons. The predicted octanol–water partition coefficient (Wildman–Crippen LogP) is 9.49. The number of rotatable bonds is 14. The Morgan fingerprint density at radius 1 is 0.837 bits per heavy atom. The van der Waals surface area contributed by atoms with E-state index in [1.807, 2.05) is 91.0 Å². The topological polar surface area (TPSA) is 98.1 Å². The molecule has 49 heavy (non-hydrogen) atoms. The highest BCUT2D eigenvalue weighted by Gasteiger charge is 2.36. The van der Waals surface area contributed by atoms with Crippen molar-refractivity contribution in [1.82, 2.24) is 9.55 Å². The quantitative estimate of drug-likeness (QED) is 0.103.